The number of hydrazine groups is 1. The van der Waals surface area contributed by atoms with E-state index in [0.29, 0.717) is 11.1 Å². The van der Waals surface area contributed by atoms with Gasteiger partial charge in [0, 0.05) is 7.05 Å². The molecule has 1 unspecified atom stereocenters. The maximum atomic E-state index is 5.25. The van der Waals surface area contributed by atoms with Crippen molar-refractivity contribution in [3.63, 3.8) is 0 Å². The molecule has 1 aliphatic heterocycles. The van der Waals surface area contributed by atoms with Gasteiger partial charge in [-0.15, -0.1) is 5.10 Å². The summed E-state index contributed by atoms with van der Waals surface area (Å²) in [5.74, 6) is 0.681. The zero-order chi connectivity index (χ0) is 12.6. The molecule has 0 aliphatic carbocycles. The minimum Gasteiger partial charge on any atom is -0.300 e. The summed E-state index contributed by atoms with van der Waals surface area (Å²) in [6, 6.07) is 0. The van der Waals surface area contributed by atoms with Crippen LogP contribution in [0, 0.1) is 0 Å². The van der Waals surface area contributed by atoms with Crippen molar-refractivity contribution in [2.24, 2.45) is 0 Å². The number of rotatable bonds is 2. The third-order valence-corrected chi connectivity index (χ3v) is 3.77. The van der Waals surface area contributed by atoms with E-state index in [2.05, 4.69) is 34.7 Å². The first-order chi connectivity index (χ1) is 8.00. The molecule has 1 aromatic rings. The van der Waals surface area contributed by atoms with Crippen LogP contribution < -0.4 is 10.7 Å². The molecule has 0 saturated heterocycles. The zero-order valence-electron chi connectivity index (χ0n) is 10.3. The number of nitrogens with zero attached hydrogens (tertiary/aromatic N) is 4. The summed E-state index contributed by atoms with van der Waals surface area (Å²) in [6.07, 6.45) is 2.82. The monoisotopic (exact) mass is 272 g/mol. The Hall–Kier alpha value is -0.860. The van der Waals surface area contributed by atoms with E-state index in [0.717, 1.165) is 11.6 Å². The lowest BCUT2D eigenvalue weighted by Gasteiger charge is -2.32. The summed E-state index contributed by atoms with van der Waals surface area (Å²) >= 11 is 6.77. The Morgan fingerprint density at radius 2 is 2.24 bits per heavy atom. The van der Waals surface area contributed by atoms with Crippen molar-refractivity contribution in [3.05, 3.63) is 0 Å². The van der Waals surface area contributed by atoms with Crippen molar-refractivity contribution in [2.75, 3.05) is 18.6 Å². The van der Waals surface area contributed by atoms with Gasteiger partial charge < -0.3 is 5.32 Å². The van der Waals surface area contributed by atoms with E-state index in [1.54, 1.807) is 5.01 Å². The average molecular weight is 272 g/mol. The largest absolute Gasteiger partial charge is 0.300 e. The average Bonchev–Trinajstić information content (AvgIpc) is 2.69. The first kappa shape index (κ1) is 12.6. The van der Waals surface area contributed by atoms with E-state index in [1.807, 2.05) is 18.0 Å². The molecule has 8 heteroatoms. The molecular weight excluding hydrogens is 256 g/mol. The molecule has 0 amide bonds. The molecular formula is C9H16N6S2. The second-order valence-electron chi connectivity index (χ2n) is 4.06. The topological polar surface area (TPSA) is 58.0 Å². The highest BCUT2D eigenvalue weighted by Crippen LogP contribution is 2.26. The number of hydrogen-bond donors (Lipinski definition) is 2. The van der Waals surface area contributed by atoms with Gasteiger partial charge >= 0.3 is 0 Å². The van der Waals surface area contributed by atoms with Gasteiger partial charge in [-0.1, -0.05) is 18.7 Å². The van der Waals surface area contributed by atoms with Gasteiger partial charge in [-0.3, -0.25) is 5.01 Å². The number of thioether (sulfide) groups is 1. The molecule has 94 valence electrons. The highest BCUT2D eigenvalue weighted by Gasteiger charge is 2.34. The highest BCUT2D eigenvalue weighted by atomic mass is 32.2. The van der Waals surface area contributed by atoms with Crippen LogP contribution in [-0.4, -0.2) is 38.2 Å². The summed E-state index contributed by atoms with van der Waals surface area (Å²) in [5.41, 5.74) is 2.99. The Morgan fingerprint density at radius 3 is 2.82 bits per heavy atom. The van der Waals surface area contributed by atoms with Crippen LogP contribution in [0.4, 0.5) is 5.95 Å². The fourth-order valence-electron chi connectivity index (χ4n) is 1.67. The van der Waals surface area contributed by atoms with Gasteiger partial charge in [0.25, 0.3) is 0 Å². The van der Waals surface area contributed by atoms with Crippen LogP contribution in [0.25, 0.3) is 0 Å². The van der Waals surface area contributed by atoms with Gasteiger partial charge in [-0.2, -0.15) is 4.98 Å². The Balaban J connectivity index is 2.50. The summed E-state index contributed by atoms with van der Waals surface area (Å²) in [4.78, 5) is 4.41. The van der Waals surface area contributed by atoms with Crippen LogP contribution in [-0.2, 0) is 5.66 Å². The molecule has 1 aliphatic rings. The van der Waals surface area contributed by atoms with E-state index in [1.165, 1.54) is 11.8 Å². The molecule has 2 heterocycles. The van der Waals surface area contributed by atoms with E-state index in [-0.39, 0.29) is 5.66 Å². The molecule has 1 atom stereocenters. The molecule has 0 saturated carbocycles. The van der Waals surface area contributed by atoms with E-state index >= 15 is 0 Å². The van der Waals surface area contributed by atoms with Gasteiger partial charge in [0.15, 0.2) is 5.11 Å². The molecule has 1 aromatic heterocycles. The van der Waals surface area contributed by atoms with Crippen molar-refractivity contribution >= 4 is 35.0 Å². The van der Waals surface area contributed by atoms with Crippen LogP contribution in [0.2, 0.25) is 0 Å². The van der Waals surface area contributed by atoms with Gasteiger partial charge in [-0.25, -0.2) is 10.1 Å². The van der Waals surface area contributed by atoms with Gasteiger partial charge in [0.05, 0.1) is 0 Å². The third-order valence-electron chi connectivity index (χ3n) is 2.86. The second-order valence-corrected chi connectivity index (χ2v) is 5.22. The predicted octanol–water partition coefficient (Wildman–Crippen LogP) is 1.23. The Labute approximate surface area is 110 Å². The lowest BCUT2D eigenvalue weighted by atomic mass is 10.1. The minimum atomic E-state index is -0.335. The number of anilines is 1. The molecule has 0 fully saturated rings. The third kappa shape index (κ3) is 2.12. The molecule has 2 rings (SSSR count). The number of hydrogen-bond acceptors (Lipinski definition) is 5. The standard InChI is InChI=1S/C9H16N6S2/c1-5-9(2)13-14(3)8(16)11-6-10-7(17-4)12-15(6)9/h13H,5H2,1-4H3,(H,10,11,12,16). The van der Waals surface area contributed by atoms with Crippen LogP contribution in [0.5, 0.6) is 0 Å². The van der Waals surface area contributed by atoms with Crippen molar-refractivity contribution in [3.8, 4) is 0 Å². The van der Waals surface area contributed by atoms with Crippen LogP contribution in [0.1, 0.15) is 20.3 Å². The molecule has 0 spiro atoms. The fraction of sp³-hybridized carbons (Fsp3) is 0.667. The normalized spacial score (nSPS) is 24.2. The van der Waals surface area contributed by atoms with Crippen molar-refractivity contribution in [1.29, 1.82) is 0 Å². The Morgan fingerprint density at radius 1 is 1.53 bits per heavy atom. The fourth-order valence-corrected chi connectivity index (χ4v) is 2.15. The SMILES string of the molecule is CCC1(C)NN(C)C(=S)Nc2nc(SC)nn21. The smallest absolute Gasteiger partial charge is 0.230 e. The lowest BCUT2D eigenvalue weighted by Crippen LogP contribution is -2.52. The maximum Gasteiger partial charge on any atom is 0.230 e. The predicted molar refractivity (Wildman–Crippen MR) is 72.9 cm³/mol. The van der Waals surface area contributed by atoms with E-state index in [9.17, 15) is 0 Å². The van der Waals surface area contributed by atoms with Crippen molar-refractivity contribution in [1.82, 2.24) is 25.2 Å². The molecule has 6 nitrogen and oxygen atoms in total. The first-order valence-corrected chi connectivity index (χ1v) is 6.97. The molecule has 0 aromatic carbocycles. The van der Waals surface area contributed by atoms with Gasteiger partial charge in [-0.05, 0) is 31.8 Å². The van der Waals surface area contributed by atoms with Crippen LogP contribution >= 0.6 is 24.0 Å². The number of fused-ring (bicyclic) bond motifs is 1. The zero-order valence-corrected chi connectivity index (χ0v) is 11.9. The lowest BCUT2D eigenvalue weighted by molar-refractivity contribution is 0.128. The van der Waals surface area contributed by atoms with Crippen LogP contribution in [0.3, 0.4) is 0 Å². The summed E-state index contributed by atoms with van der Waals surface area (Å²) < 4.78 is 1.86. The van der Waals surface area contributed by atoms with E-state index in [4.69, 9.17) is 12.2 Å². The number of aromatic nitrogens is 3. The van der Waals surface area contributed by atoms with Crippen molar-refractivity contribution in [2.45, 2.75) is 31.1 Å². The summed E-state index contributed by atoms with van der Waals surface area (Å²) in [7, 11) is 1.88. The quantitative estimate of drug-likeness (QED) is 0.620. The Bertz CT molecular complexity index is 445. The minimum absolute atomic E-state index is 0.335. The van der Waals surface area contributed by atoms with E-state index < -0.39 is 0 Å². The Kier molecular flexibility index (Phi) is 3.28. The summed E-state index contributed by atoms with van der Waals surface area (Å²) in [5, 5.41) is 10.7. The van der Waals surface area contributed by atoms with Gasteiger partial charge in [0.1, 0.15) is 5.66 Å². The number of nitrogens with one attached hydrogen (secondary N) is 2. The molecule has 17 heavy (non-hydrogen) atoms. The number of thiocarbonyl (C=S) groups is 1. The van der Waals surface area contributed by atoms with Gasteiger partial charge in [0.2, 0.25) is 11.1 Å². The van der Waals surface area contributed by atoms with Crippen molar-refractivity contribution < 1.29 is 0 Å². The second kappa shape index (κ2) is 4.43. The molecule has 2 N–H and O–H groups in total. The highest BCUT2D eigenvalue weighted by molar-refractivity contribution is 7.98. The molecule has 0 radical (unpaired) electrons. The first-order valence-electron chi connectivity index (χ1n) is 5.34. The summed E-state index contributed by atoms with van der Waals surface area (Å²) in [6.45, 7) is 4.17. The molecule has 0 bridgehead atoms. The van der Waals surface area contributed by atoms with Crippen LogP contribution in [0.15, 0.2) is 5.16 Å². The maximum absolute atomic E-state index is 5.25.